The first-order chi connectivity index (χ1) is 16.6. The first kappa shape index (κ1) is 24.7. The molecule has 3 heterocycles. The summed E-state index contributed by atoms with van der Waals surface area (Å²) in [6.45, 7) is 4.31. The molecule has 0 unspecified atom stereocenters. The molecule has 2 saturated heterocycles. The van der Waals surface area contributed by atoms with Crippen LogP contribution in [0.1, 0.15) is 69.3 Å². The van der Waals surface area contributed by atoms with Crippen molar-refractivity contribution >= 4 is 12.0 Å². The average Bonchev–Trinajstić information content (AvgIpc) is 3.57. The second-order valence-electron chi connectivity index (χ2n) is 9.18. The molecule has 0 spiro atoms. The van der Waals surface area contributed by atoms with Crippen LogP contribution in [0.25, 0.3) is 0 Å². The number of carbonyl (C=O) groups excluding carboxylic acids is 2. The molecule has 0 bridgehead atoms. The molecule has 3 aliphatic rings. The number of nitrogens with one attached hydrogen (secondary N) is 1. The van der Waals surface area contributed by atoms with Crippen molar-refractivity contribution in [3.05, 3.63) is 17.6 Å². The Morgan fingerprint density at radius 3 is 2.76 bits per heavy atom. The highest BCUT2D eigenvalue weighted by atomic mass is 16.6. The van der Waals surface area contributed by atoms with Crippen molar-refractivity contribution in [1.82, 2.24) is 20.2 Å². The normalized spacial score (nSPS) is 23.2. The summed E-state index contributed by atoms with van der Waals surface area (Å²) in [5.41, 5.74) is 1.46. The van der Waals surface area contributed by atoms with Gasteiger partial charge in [-0.2, -0.15) is 0 Å². The maximum absolute atomic E-state index is 13.3. The van der Waals surface area contributed by atoms with Crippen LogP contribution >= 0.6 is 0 Å². The third-order valence-corrected chi connectivity index (χ3v) is 6.53. The second-order valence-corrected chi connectivity index (χ2v) is 9.18. The second kappa shape index (κ2) is 11.8. The highest BCUT2D eigenvalue weighted by Crippen LogP contribution is 2.36. The number of hydrogen-bond donors (Lipinski definition) is 1. The van der Waals surface area contributed by atoms with Crippen LogP contribution in [0.15, 0.2) is 6.20 Å². The van der Waals surface area contributed by atoms with E-state index in [0.717, 1.165) is 49.9 Å². The van der Waals surface area contributed by atoms with Gasteiger partial charge >= 0.3 is 6.09 Å². The van der Waals surface area contributed by atoms with Crippen LogP contribution in [-0.4, -0.2) is 78.6 Å². The van der Waals surface area contributed by atoms with Gasteiger partial charge in [0.25, 0.3) is 5.91 Å². The number of hydrogen-bond acceptors (Lipinski definition) is 8. The number of nitrogens with zero attached hydrogens (tertiary/aromatic N) is 3. The minimum atomic E-state index is -0.462. The van der Waals surface area contributed by atoms with Crippen molar-refractivity contribution in [2.75, 3.05) is 33.5 Å². The maximum atomic E-state index is 13.3. The van der Waals surface area contributed by atoms with Gasteiger partial charge in [-0.15, -0.1) is 0 Å². The lowest BCUT2D eigenvalue weighted by molar-refractivity contribution is -0.149. The summed E-state index contributed by atoms with van der Waals surface area (Å²) in [4.78, 5) is 36.2. The van der Waals surface area contributed by atoms with Crippen molar-refractivity contribution in [2.24, 2.45) is 0 Å². The van der Waals surface area contributed by atoms with E-state index in [2.05, 4.69) is 15.0 Å². The fourth-order valence-electron chi connectivity index (χ4n) is 4.46. The Labute approximate surface area is 200 Å². The lowest BCUT2D eigenvalue weighted by Gasteiger charge is -2.33. The molecule has 3 atom stereocenters. The number of amides is 2. The molecule has 2 aliphatic heterocycles. The number of methoxy groups -OCH3 is 1. The number of ether oxygens (including phenoxy) is 4. The molecular weight excluding hydrogens is 440 g/mol. The van der Waals surface area contributed by atoms with E-state index in [1.807, 2.05) is 11.8 Å². The van der Waals surface area contributed by atoms with Crippen LogP contribution in [0, 0.1) is 0 Å². The SMILES string of the molecule is COC(=O)NCCCc1nc([C@@H](C)N(C(=O)[C@H]2CCCCO2)C2CC2)cnc1O[C@H]1CCOC1. The number of rotatable bonds is 10. The van der Waals surface area contributed by atoms with Crippen molar-refractivity contribution in [3.8, 4) is 5.88 Å². The molecule has 0 radical (unpaired) electrons. The largest absolute Gasteiger partial charge is 0.471 e. The third-order valence-electron chi connectivity index (χ3n) is 6.53. The van der Waals surface area contributed by atoms with E-state index in [1.54, 1.807) is 6.20 Å². The van der Waals surface area contributed by atoms with Crippen LogP contribution < -0.4 is 10.1 Å². The van der Waals surface area contributed by atoms with Gasteiger partial charge in [0, 0.05) is 25.6 Å². The molecule has 1 N–H and O–H groups in total. The van der Waals surface area contributed by atoms with Crippen LogP contribution in [0.2, 0.25) is 0 Å². The van der Waals surface area contributed by atoms with Gasteiger partial charge in [0.2, 0.25) is 5.88 Å². The summed E-state index contributed by atoms with van der Waals surface area (Å²) in [5, 5.41) is 2.69. The number of alkyl carbamates (subject to hydrolysis) is 1. The molecule has 188 valence electrons. The van der Waals surface area contributed by atoms with Crippen LogP contribution in [0.4, 0.5) is 4.79 Å². The van der Waals surface area contributed by atoms with E-state index in [9.17, 15) is 9.59 Å². The Morgan fingerprint density at radius 2 is 2.09 bits per heavy atom. The Balaban J connectivity index is 1.49. The molecule has 1 aromatic rings. The minimum Gasteiger partial charge on any atom is -0.471 e. The lowest BCUT2D eigenvalue weighted by Crippen LogP contribution is -2.44. The zero-order valence-electron chi connectivity index (χ0n) is 20.2. The van der Waals surface area contributed by atoms with Gasteiger partial charge in [0.1, 0.15) is 17.9 Å². The Morgan fingerprint density at radius 1 is 1.24 bits per heavy atom. The molecule has 34 heavy (non-hydrogen) atoms. The molecule has 1 aliphatic carbocycles. The van der Waals surface area contributed by atoms with E-state index in [1.165, 1.54) is 7.11 Å². The predicted octanol–water partition coefficient (Wildman–Crippen LogP) is 2.55. The van der Waals surface area contributed by atoms with E-state index in [4.69, 9.17) is 19.2 Å². The Bertz CT molecular complexity index is 837. The zero-order valence-corrected chi connectivity index (χ0v) is 20.2. The first-order valence-corrected chi connectivity index (χ1v) is 12.4. The number of carbonyl (C=O) groups is 2. The quantitative estimate of drug-likeness (QED) is 0.513. The van der Waals surface area contributed by atoms with Gasteiger partial charge < -0.3 is 29.2 Å². The highest BCUT2D eigenvalue weighted by Gasteiger charge is 2.40. The van der Waals surface area contributed by atoms with E-state index < -0.39 is 6.09 Å². The summed E-state index contributed by atoms with van der Waals surface area (Å²) in [6.07, 6.45) is 7.70. The molecule has 4 rings (SSSR count). The van der Waals surface area contributed by atoms with Gasteiger partial charge in [0.15, 0.2) is 0 Å². The monoisotopic (exact) mass is 476 g/mol. The average molecular weight is 477 g/mol. The van der Waals surface area contributed by atoms with Gasteiger partial charge in [-0.1, -0.05) is 0 Å². The van der Waals surface area contributed by atoms with Gasteiger partial charge in [-0.3, -0.25) is 4.79 Å². The van der Waals surface area contributed by atoms with Gasteiger partial charge in [-0.25, -0.2) is 14.8 Å². The van der Waals surface area contributed by atoms with Crippen LogP contribution in [0.5, 0.6) is 5.88 Å². The first-order valence-electron chi connectivity index (χ1n) is 12.4. The molecule has 1 aromatic heterocycles. The standard InChI is InChI=1S/C24H36N4O6/c1-16(28(17-8-9-17)23(29)21-7-3-4-12-33-21)20-14-26-22(34-18-10-13-32-15-18)19(27-20)6-5-11-25-24(30)31-2/h14,16-18,21H,3-13,15H2,1-2H3,(H,25,30)/t16-,18+,21-/m1/s1. The molecule has 10 nitrogen and oxygen atoms in total. The van der Waals surface area contributed by atoms with Crippen molar-refractivity contribution < 1.29 is 28.5 Å². The van der Waals surface area contributed by atoms with E-state index >= 15 is 0 Å². The molecular formula is C24H36N4O6. The van der Waals surface area contributed by atoms with Gasteiger partial charge in [0.05, 0.1) is 38.3 Å². The Kier molecular flexibility index (Phi) is 8.55. The highest BCUT2D eigenvalue weighted by molar-refractivity contribution is 5.82. The molecule has 10 heteroatoms. The molecule has 3 fully saturated rings. The molecule has 1 saturated carbocycles. The predicted molar refractivity (Wildman–Crippen MR) is 122 cm³/mol. The summed E-state index contributed by atoms with van der Waals surface area (Å²) in [5.74, 6) is 0.549. The molecule has 0 aromatic carbocycles. The zero-order chi connectivity index (χ0) is 23.9. The summed E-state index contributed by atoms with van der Waals surface area (Å²) < 4.78 is 21.9. The minimum absolute atomic E-state index is 0.0440. The van der Waals surface area contributed by atoms with Gasteiger partial charge in [-0.05, 0) is 51.9 Å². The van der Waals surface area contributed by atoms with Crippen LogP contribution in [-0.2, 0) is 25.4 Å². The van der Waals surface area contributed by atoms with Crippen molar-refractivity contribution in [1.29, 1.82) is 0 Å². The summed E-state index contributed by atoms with van der Waals surface area (Å²) in [7, 11) is 1.34. The van der Waals surface area contributed by atoms with Crippen molar-refractivity contribution in [3.63, 3.8) is 0 Å². The summed E-state index contributed by atoms with van der Waals surface area (Å²) >= 11 is 0. The topological polar surface area (TPSA) is 112 Å². The lowest BCUT2D eigenvalue weighted by atomic mass is 10.1. The third kappa shape index (κ3) is 6.35. The van der Waals surface area contributed by atoms with Crippen LogP contribution in [0.3, 0.4) is 0 Å². The van der Waals surface area contributed by atoms with Crippen molar-refractivity contribution in [2.45, 2.75) is 82.6 Å². The summed E-state index contributed by atoms with van der Waals surface area (Å²) in [6, 6.07) is 0.0166. The van der Waals surface area contributed by atoms with E-state index in [-0.39, 0.29) is 30.2 Å². The van der Waals surface area contributed by atoms with E-state index in [0.29, 0.717) is 45.1 Å². The Hall–Kier alpha value is -2.46. The smallest absolute Gasteiger partial charge is 0.406 e. The fourth-order valence-corrected chi connectivity index (χ4v) is 4.46. The fraction of sp³-hybridized carbons (Fsp3) is 0.750. The maximum Gasteiger partial charge on any atom is 0.406 e. The number of aromatic nitrogens is 2. The molecule has 2 amide bonds. The number of aryl methyl sites for hydroxylation is 1.